The van der Waals surface area contributed by atoms with Gasteiger partial charge in [-0.3, -0.25) is 14.4 Å². The van der Waals surface area contributed by atoms with Gasteiger partial charge in [0.15, 0.2) is 6.04 Å². The summed E-state index contributed by atoms with van der Waals surface area (Å²) in [6.07, 6.45) is 0.968. The maximum Gasteiger partial charge on any atom is 0.292 e. The van der Waals surface area contributed by atoms with Gasteiger partial charge in [0.05, 0.1) is 38.3 Å². The van der Waals surface area contributed by atoms with Crippen LogP contribution in [0.1, 0.15) is 6.42 Å². The van der Waals surface area contributed by atoms with Gasteiger partial charge in [0.25, 0.3) is 5.91 Å². The Morgan fingerprint density at radius 2 is 1.77 bits per heavy atom. The summed E-state index contributed by atoms with van der Waals surface area (Å²) in [5.74, 6) is -0.909. The largest absolute Gasteiger partial charge is 0.334 e. The topological polar surface area (TPSA) is 62.1 Å². The van der Waals surface area contributed by atoms with Gasteiger partial charge in [-0.15, -0.1) is 0 Å². The molecule has 2 saturated heterocycles. The third-order valence-corrected chi connectivity index (χ3v) is 4.31. The van der Waals surface area contributed by atoms with E-state index >= 15 is 0 Å². The van der Waals surface area contributed by atoms with E-state index in [0.717, 1.165) is 16.2 Å². The van der Waals surface area contributed by atoms with Crippen LogP contribution in [0.25, 0.3) is 0 Å². The van der Waals surface area contributed by atoms with Crippen molar-refractivity contribution in [3.05, 3.63) is 30.1 Å². The molecule has 1 atom stereocenters. The monoisotopic (exact) mass is 306 g/mol. The van der Waals surface area contributed by atoms with Gasteiger partial charge in [-0.1, -0.05) is 0 Å². The van der Waals surface area contributed by atoms with E-state index in [4.69, 9.17) is 0 Å². The zero-order chi connectivity index (χ0) is 15.7. The fourth-order valence-electron chi connectivity index (χ4n) is 3.08. The summed E-state index contributed by atoms with van der Waals surface area (Å²) in [6.45, 7) is 2.49. The smallest absolute Gasteiger partial charge is 0.292 e. The first-order chi connectivity index (χ1) is 10.6. The number of carbonyl (C=O) groups excluding carboxylic acids is 3. The van der Waals surface area contributed by atoms with Gasteiger partial charge in [-0.05, 0) is 24.3 Å². The van der Waals surface area contributed by atoms with Gasteiger partial charge in [-0.2, -0.15) is 0 Å². The third-order valence-electron chi connectivity index (χ3n) is 4.31. The first-order valence-electron chi connectivity index (χ1n) is 7.26. The minimum atomic E-state index is -0.411. The van der Waals surface area contributed by atoms with E-state index < -0.39 is 11.9 Å². The zero-order valence-corrected chi connectivity index (χ0v) is 12.0. The van der Waals surface area contributed by atoms with Crippen LogP contribution in [0.15, 0.2) is 24.3 Å². The Morgan fingerprint density at radius 3 is 2.36 bits per heavy atom. The molecule has 3 amide bonds. The second-order valence-corrected chi connectivity index (χ2v) is 5.60. The average molecular weight is 306 g/mol. The van der Waals surface area contributed by atoms with Crippen LogP contribution in [-0.4, -0.2) is 55.3 Å². The molecule has 6 nitrogen and oxygen atoms in total. The van der Waals surface area contributed by atoms with Gasteiger partial charge >= 0.3 is 0 Å². The minimum absolute atomic E-state index is 0.159. The van der Waals surface area contributed by atoms with Gasteiger partial charge in [0.2, 0.25) is 12.3 Å². The lowest BCUT2D eigenvalue weighted by molar-refractivity contribution is -0.918. The lowest BCUT2D eigenvalue weighted by Gasteiger charge is -2.32. The van der Waals surface area contributed by atoms with Crippen LogP contribution in [0.5, 0.6) is 0 Å². The molecule has 7 heteroatoms. The first kappa shape index (κ1) is 14.6. The van der Waals surface area contributed by atoms with Crippen LogP contribution >= 0.6 is 0 Å². The summed E-state index contributed by atoms with van der Waals surface area (Å²) in [6, 6.07) is 4.93. The van der Waals surface area contributed by atoms with E-state index in [1.54, 1.807) is 4.90 Å². The molecule has 2 aliphatic rings. The molecule has 1 N–H and O–H groups in total. The summed E-state index contributed by atoms with van der Waals surface area (Å²) < 4.78 is 13.0. The fourth-order valence-corrected chi connectivity index (χ4v) is 3.08. The van der Waals surface area contributed by atoms with Crippen molar-refractivity contribution in [3.63, 3.8) is 0 Å². The number of anilines is 1. The summed E-state index contributed by atoms with van der Waals surface area (Å²) >= 11 is 0. The molecule has 2 heterocycles. The Hall–Kier alpha value is -2.28. The van der Waals surface area contributed by atoms with Crippen LogP contribution in [0, 0.1) is 5.82 Å². The van der Waals surface area contributed by atoms with E-state index in [1.165, 1.54) is 24.3 Å². The summed E-state index contributed by atoms with van der Waals surface area (Å²) in [7, 11) is 0. The molecule has 2 fully saturated rings. The number of carbonyl (C=O) groups is 3. The van der Waals surface area contributed by atoms with Crippen LogP contribution < -0.4 is 9.80 Å². The first-order valence-corrected chi connectivity index (χ1v) is 7.26. The second kappa shape index (κ2) is 5.84. The molecular weight excluding hydrogens is 289 g/mol. The quantitative estimate of drug-likeness (QED) is 0.564. The molecule has 1 aromatic rings. The molecule has 0 bridgehead atoms. The van der Waals surface area contributed by atoms with Crippen molar-refractivity contribution in [3.8, 4) is 0 Å². The highest BCUT2D eigenvalue weighted by Crippen LogP contribution is 2.22. The Balaban J connectivity index is 1.74. The second-order valence-electron chi connectivity index (χ2n) is 5.60. The maximum absolute atomic E-state index is 13.0. The summed E-state index contributed by atoms with van der Waals surface area (Å²) in [5, 5.41) is 0. The summed E-state index contributed by atoms with van der Waals surface area (Å²) in [5.41, 5.74) is 0.407. The van der Waals surface area contributed by atoms with Crippen molar-refractivity contribution < 1.29 is 23.7 Å². The normalized spacial score (nSPS) is 23.2. The van der Waals surface area contributed by atoms with Gasteiger partial charge < -0.3 is 9.80 Å². The zero-order valence-electron chi connectivity index (χ0n) is 12.0. The number of nitrogens with one attached hydrogen (secondary N) is 1. The van der Waals surface area contributed by atoms with E-state index in [-0.39, 0.29) is 18.2 Å². The number of imide groups is 1. The number of rotatable bonds is 3. The van der Waals surface area contributed by atoms with E-state index in [1.807, 2.05) is 0 Å². The Labute approximate surface area is 127 Å². The molecule has 1 unspecified atom stereocenters. The van der Waals surface area contributed by atoms with Crippen LogP contribution in [-0.2, 0) is 14.4 Å². The lowest BCUT2D eigenvalue weighted by atomic mass is 10.2. The number of halogens is 1. The molecule has 2 aliphatic heterocycles. The minimum Gasteiger partial charge on any atom is -0.334 e. The number of quaternary nitrogens is 1. The van der Waals surface area contributed by atoms with Crippen LogP contribution in [0.3, 0.4) is 0 Å². The van der Waals surface area contributed by atoms with E-state index in [0.29, 0.717) is 31.9 Å². The van der Waals surface area contributed by atoms with Crippen LogP contribution in [0.4, 0.5) is 10.1 Å². The molecule has 3 rings (SSSR count). The standard InChI is InChI=1S/C15H16FN3O3/c16-11-1-3-12(4-2-11)19-14(21)9-13(15(19)22)18-7-5-17(10-20)6-8-18/h1-4,10,13H,5-9H2/p+1. The van der Waals surface area contributed by atoms with Gasteiger partial charge in [0, 0.05) is 0 Å². The molecule has 22 heavy (non-hydrogen) atoms. The predicted molar refractivity (Wildman–Crippen MR) is 75.6 cm³/mol. The Morgan fingerprint density at radius 1 is 1.14 bits per heavy atom. The van der Waals surface area contributed by atoms with Crippen LogP contribution in [0.2, 0.25) is 0 Å². The van der Waals surface area contributed by atoms with Crippen molar-refractivity contribution in [2.75, 3.05) is 31.1 Å². The third kappa shape index (κ3) is 2.59. The van der Waals surface area contributed by atoms with Crippen molar-refractivity contribution in [1.29, 1.82) is 0 Å². The van der Waals surface area contributed by atoms with E-state index in [9.17, 15) is 18.8 Å². The Bertz CT molecular complexity index is 597. The number of benzene rings is 1. The molecule has 0 spiro atoms. The van der Waals surface area contributed by atoms with Crippen molar-refractivity contribution >= 4 is 23.9 Å². The summed E-state index contributed by atoms with van der Waals surface area (Å²) in [4.78, 5) is 39.3. The number of hydrogen-bond acceptors (Lipinski definition) is 3. The fraction of sp³-hybridized carbons (Fsp3) is 0.400. The van der Waals surface area contributed by atoms with E-state index in [2.05, 4.69) is 0 Å². The highest BCUT2D eigenvalue weighted by atomic mass is 19.1. The highest BCUT2D eigenvalue weighted by molar-refractivity contribution is 6.21. The molecule has 0 aromatic heterocycles. The molecule has 0 radical (unpaired) electrons. The SMILES string of the molecule is O=CN1CC[NH+](C2CC(=O)N(c3ccc(F)cc3)C2=O)CC1. The van der Waals surface area contributed by atoms with Gasteiger partial charge in [0.1, 0.15) is 5.82 Å². The molecule has 0 saturated carbocycles. The molecule has 116 valence electrons. The van der Waals surface area contributed by atoms with Crippen molar-refractivity contribution in [1.82, 2.24) is 4.90 Å². The molecule has 0 aliphatic carbocycles. The Kier molecular flexibility index (Phi) is 3.89. The molecule has 1 aromatic carbocycles. The van der Waals surface area contributed by atoms with Crippen molar-refractivity contribution in [2.45, 2.75) is 12.5 Å². The predicted octanol–water partition coefficient (Wildman–Crippen LogP) is -1.19. The van der Waals surface area contributed by atoms with Crippen molar-refractivity contribution in [2.24, 2.45) is 0 Å². The number of amides is 3. The number of hydrogen-bond donors (Lipinski definition) is 1. The number of piperazine rings is 1. The number of nitrogens with zero attached hydrogens (tertiary/aromatic N) is 2. The lowest BCUT2D eigenvalue weighted by Crippen LogP contribution is -3.19. The highest BCUT2D eigenvalue weighted by Gasteiger charge is 2.46. The van der Waals surface area contributed by atoms with Gasteiger partial charge in [-0.25, -0.2) is 9.29 Å². The average Bonchev–Trinajstić information content (AvgIpc) is 2.83. The maximum atomic E-state index is 13.0. The molecular formula is C15H17FN3O3+.